The normalized spacial score (nSPS) is 32.3. The number of piperazine rings is 1. The molecule has 0 aromatic rings. The molecule has 0 aromatic heterocycles. The number of likely N-dealkylation sites (tertiary alicyclic amines) is 1. The van der Waals surface area contributed by atoms with Crippen molar-refractivity contribution in [2.45, 2.75) is 51.1 Å². The summed E-state index contributed by atoms with van der Waals surface area (Å²) in [6, 6.07) is -1.03. The number of alkyl halides is 3. The SMILES string of the molecule is CC(C)N1CCCC1N1CCNCC1C(F)(F)F. The van der Waals surface area contributed by atoms with Crippen molar-refractivity contribution in [3.63, 3.8) is 0 Å². The van der Waals surface area contributed by atoms with Gasteiger partial charge in [0.15, 0.2) is 0 Å². The minimum atomic E-state index is -4.14. The Morgan fingerprint density at radius 3 is 2.56 bits per heavy atom. The van der Waals surface area contributed by atoms with Gasteiger partial charge in [-0.25, -0.2) is 0 Å². The minimum Gasteiger partial charge on any atom is -0.314 e. The maximum Gasteiger partial charge on any atom is 0.405 e. The fourth-order valence-corrected chi connectivity index (χ4v) is 3.11. The molecular formula is C12H22F3N3. The first-order valence-corrected chi connectivity index (χ1v) is 6.70. The molecule has 0 aliphatic carbocycles. The average Bonchev–Trinajstić information content (AvgIpc) is 2.76. The smallest absolute Gasteiger partial charge is 0.314 e. The van der Waals surface area contributed by atoms with Crippen LogP contribution in [0.3, 0.4) is 0 Å². The zero-order valence-corrected chi connectivity index (χ0v) is 11.0. The third-order valence-corrected chi connectivity index (χ3v) is 3.97. The van der Waals surface area contributed by atoms with Crippen molar-refractivity contribution >= 4 is 0 Å². The van der Waals surface area contributed by atoms with Crippen LogP contribution >= 0.6 is 0 Å². The summed E-state index contributed by atoms with van der Waals surface area (Å²) in [7, 11) is 0. The van der Waals surface area contributed by atoms with E-state index in [2.05, 4.69) is 24.1 Å². The van der Waals surface area contributed by atoms with Gasteiger partial charge in [-0.3, -0.25) is 9.80 Å². The first kappa shape index (κ1) is 14.1. The number of nitrogens with zero attached hydrogens (tertiary/aromatic N) is 2. The molecule has 0 saturated carbocycles. The van der Waals surface area contributed by atoms with E-state index in [0.29, 0.717) is 19.1 Å². The molecular weight excluding hydrogens is 243 g/mol. The van der Waals surface area contributed by atoms with E-state index in [0.717, 1.165) is 19.4 Å². The van der Waals surface area contributed by atoms with Crippen LogP contribution in [0.1, 0.15) is 26.7 Å². The van der Waals surface area contributed by atoms with Crippen molar-refractivity contribution in [1.82, 2.24) is 15.1 Å². The van der Waals surface area contributed by atoms with E-state index < -0.39 is 12.2 Å². The third kappa shape index (κ3) is 2.81. The Kier molecular flexibility index (Phi) is 4.18. The summed E-state index contributed by atoms with van der Waals surface area (Å²) in [5.74, 6) is 0. The Balaban J connectivity index is 2.13. The zero-order chi connectivity index (χ0) is 13.3. The lowest BCUT2D eigenvalue weighted by molar-refractivity contribution is -0.201. The van der Waals surface area contributed by atoms with E-state index in [1.54, 1.807) is 4.90 Å². The largest absolute Gasteiger partial charge is 0.405 e. The Labute approximate surface area is 106 Å². The van der Waals surface area contributed by atoms with Crippen LogP contribution in [0.25, 0.3) is 0 Å². The molecule has 106 valence electrons. The van der Waals surface area contributed by atoms with E-state index in [-0.39, 0.29) is 12.7 Å². The predicted octanol–water partition coefficient (Wildman–Crippen LogP) is 1.65. The maximum atomic E-state index is 13.1. The van der Waals surface area contributed by atoms with E-state index in [1.165, 1.54) is 0 Å². The molecule has 2 atom stereocenters. The molecule has 2 rings (SSSR count). The molecule has 6 heteroatoms. The lowest BCUT2D eigenvalue weighted by Gasteiger charge is -2.44. The van der Waals surface area contributed by atoms with Crippen LogP contribution < -0.4 is 5.32 Å². The summed E-state index contributed by atoms with van der Waals surface area (Å²) < 4.78 is 39.2. The van der Waals surface area contributed by atoms with Crippen molar-refractivity contribution in [1.29, 1.82) is 0 Å². The standard InChI is InChI=1S/C12H22F3N3/c1-9(2)17-6-3-4-11(17)18-7-5-16-8-10(18)12(13,14)15/h9-11,16H,3-8H2,1-2H3. The van der Waals surface area contributed by atoms with Gasteiger partial charge in [0.25, 0.3) is 0 Å². The van der Waals surface area contributed by atoms with Gasteiger partial charge in [0.05, 0.1) is 6.17 Å². The third-order valence-electron chi connectivity index (χ3n) is 3.97. The molecule has 2 fully saturated rings. The highest BCUT2D eigenvalue weighted by Crippen LogP contribution is 2.32. The van der Waals surface area contributed by atoms with Crippen LogP contribution in [0.5, 0.6) is 0 Å². The molecule has 2 saturated heterocycles. The van der Waals surface area contributed by atoms with Crippen LogP contribution in [-0.4, -0.2) is 60.4 Å². The molecule has 3 nitrogen and oxygen atoms in total. The molecule has 2 aliphatic rings. The van der Waals surface area contributed by atoms with Crippen molar-refractivity contribution in [2.75, 3.05) is 26.2 Å². The molecule has 0 spiro atoms. The highest BCUT2D eigenvalue weighted by molar-refractivity contribution is 4.92. The molecule has 0 bridgehead atoms. The molecule has 0 aromatic carbocycles. The molecule has 18 heavy (non-hydrogen) atoms. The summed E-state index contributed by atoms with van der Waals surface area (Å²) in [6.45, 7) is 6.18. The molecule has 0 amide bonds. The zero-order valence-electron chi connectivity index (χ0n) is 11.0. The second-order valence-electron chi connectivity index (χ2n) is 5.45. The number of hydrogen-bond acceptors (Lipinski definition) is 3. The molecule has 2 aliphatic heterocycles. The van der Waals surface area contributed by atoms with E-state index >= 15 is 0 Å². The van der Waals surface area contributed by atoms with Crippen LogP contribution in [0.4, 0.5) is 13.2 Å². The predicted molar refractivity (Wildman–Crippen MR) is 64.3 cm³/mol. The first-order chi connectivity index (χ1) is 8.41. The Morgan fingerprint density at radius 2 is 1.94 bits per heavy atom. The second-order valence-corrected chi connectivity index (χ2v) is 5.45. The van der Waals surface area contributed by atoms with Crippen molar-refractivity contribution in [3.05, 3.63) is 0 Å². The number of halogens is 3. The van der Waals surface area contributed by atoms with Gasteiger partial charge in [-0.05, 0) is 26.7 Å². The van der Waals surface area contributed by atoms with Crippen LogP contribution in [0.15, 0.2) is 0 Å². The lowest BCUT2D eigenvalue weighted by atomic mass is 10.1. The summed E-state index contributed by atoms with van der Waals surface area (Å²) in [6.07, 6.45) is -2.33. The van der Waals surface area contributed by atoms with Crippen molar-refractivity contribution in [3.8, 4) is 0 Å². The van der Waals surface area contributed by atoms with Gasteiger partial charge in [-0.1, -0.05) is 0 Å². The minimum absolute atomic E-state index is 0.0198. The topological polar surface area (TPSA) is 18.5 Å². The highest BCUT2D eigenvalue weighted by atomic mass is 19.4. The maximum absolute atomic E-state index is 13.1. The van der Waals surface area contributed by atoms with Crippen molar-refractivity contribution in [2.24, 2.45) is 0 Å². The molecule has 0 radical (unpaired) electrons. The van der Waals surface area contributed by atoms with Gasteiger partial charge in [-0.2, -0.15) is 13.2 Å². The Morgan fingerprint density at radius 1 is 1.22 bits per heavy atom. The van der Waals surface area contributed by atoms with Gasteiger partial charge in [0, 0.05) is 32.2 Å². The van der Waals surface area contributed by atoms with E-state index in [1.807, 2.05) is 0 Å². The number of rotatable bonds is 2. The summed E-state index contributed by atoms with van der Waals surface area (Å²) in [5, 5.41) is 2.86. The first-order valence-electron chi connectivity index (χ1n) is 6.70. The summed E-state index contributed by atoms with van der Waals surface area (Å²) in [5.41, 5.74) is 0. The van der Waals surface area contributed by atoms with E-state index in [9.17, 15) is 13.2 Å². The van der Waals surface area contributed by atoms with Crippen molar-refractivity contribution < 1.29 is 13.2 Å². The lowest BCUT2D eigenvalue weighted by Crippen LogP contribution is -2.63. The van der Waals surface area contributed by atoms with E-state index in [4.69, 9.17) is 0 Å². The van der Waals surface area contributed by atoms with Gasteiger partial charge in [0.1, 0.15) is 6.04 Å². The quantitative estimate of drug-likeness (QED) is 0.819. The molecule has 2 unspecified atom stereocenters. The van der Waals surface area contributed by atoms with Crippen LogP contribution in [0, 0.1) is 0 Å². The summed E-state index contributed by atoms with van der Waals surface area (Å²) >= 11 is 0. The highest BCUT2D eigenvalue weighted by Gasteiger charge is 2.48. The second kappa shape index (κ2) is 5.35. The Hall–Kier alpha value is -0.330. The van der Waals surface area contributed by atoms with Gasteiger partial charge < -0.3 is 5.32 Å². The van der Waals surface area contributed by atoms with Gasteiger partial charge in [0.2, 0.25) is 0 Å². The monoisotopic (exact) mass is 265 g/mol. The van der Waals surface area contributed by atoms with Gasteiger partial charge in [-0.15, -0.1) is 0 Å². The van der Waals surface area contributed by atoms with Crippen LogP contribution in [-0.2, 0) is 0 Å². The van der Waals surface area contributed by atoms with Gasteiger partial charge >= 0.3 is 6.18 Å². The number of nitrogens with one attached hydrogen (secondary N) is 1. The number of hydrogen-bond donors (Lipinski definition) is 1. The fourth-order valence-electron chi connectivity index (χ4n) is 3.11. The summed E-state index contributed by atoms with van der Waals surface area (Å²) in [4.78, 5) is 3.85. The fraction of sp³-hybridized carbons (Fsp3) is 1.00. The molecule has 1 N–H and O–H groups in total. The Bertz CT molecular complexity index is 280. The molecule has 2 heterocycles. The average molecular weight is 265 g/mol. The van der Waals surface area contributed by atoms with Crippen LogP contribution in [0.2, 0.25) is 0 Å².